The number of rotatable bonds is 5. The van der Waals surface area contributed by atoms with Crippen molar-refractivity contribution in [3.05, 3.63) is 97.2 Å². The predicted molar refractivity (Wildman–Crippen MR) is 122 cm³/mol. The van der Waals surface area contributed by atoms with E-state index >= 15 is 0 Å². The van der Waals surface area contributed by atoms with Crippen molar-refractivity contribution in [2.75, 3.05) is 18.6 Å². The van der Waals surface area contributed by atoms with E-state index in [0.717, 1.165) is 46.5 Å². The molecule has 0 atom stereocenters. The van der Waals surface area contributed by atoms with E-state index in [-0.39, 0.29) is 0 Å². The zero-order valence-corrected chi connectivity index (χ0v) is 17.5. The second kappa shape index (κ2) is 7.99. The van der Waals surface area contributed by atoms with Crippen molar-refractivity contribution < 1.29 is 4.74 Å². The van der Waals surface area contributed by atoms with Crippen LogP contribution in [-0.4, -0.2) is 33.2 Å². The largest absolute Gasteiger partial charge is 0.457 e. The monoisotopic (exact) mass is 409 g/mol. The number of imidazole rings is 1. The van der Waals surface area contributed by atoms with Gasteiger partial charge in [-0.3, -0.25) is 4.98 Å². The van der Waals surface area contributed by atoms with E-state index in [4.69, 9.17) is 4.74 Å². The summed E-state index contributed by atoms with van der Waals surface area (Å²) in [5.74, 6) is 2.48. The number of aromatic nitrogens is 3. The van der Waals surface area contributed by atoms with Crippen LogP contribution in [0.25, 0.3) is 17.1 Å². The fourth-order valence-corrected chi connectivity index (χ4v) is 3.76. The third kappa shape index (κ3) is 3.88. The molecular weight excluding hydrogens is 386 g/mol. The Morgan fingerprint density at radius 3 is 2.45 bits per heavy atom. The summed E-state index contributed by atoms with van der Waals surface area (Å²) in [6.45, 7) is 0.766. The Bertz CT molecular complexity index is 1230. The minimum atomic E-state index is 0.766. The van der Waals surface area contributed by atoms with Crippen LogP contribution in [0, 0.1) is 0 Å². The molecule has 0 bridgehead atoms. The summed E-state index contributed by atoms with van der Waals surface area (Å²) in [6, 6.07) is 20.2. The molecule has 3 heterocycles. The average Bonchev–Trinajstić information content (AvgIpc) is 3.40. The van der Waals surface area contributed by atoms with E-state index in [2.05, 4.69) is 51.2 Å². The Kier molecular flexibility index (Phi) is 4.88. The molecule has 31 heavy (non-hydrogen) atoms. The van der Waals surface area contributed by atoms with E-state index in [1.54, 1.807) is 12.4 Å². The predicted octanol–water partition coefficient (Wildman–Crippen LogP) is 4.98. The van der Waals surface area contributed by atoms with Crippen LogP contribution in [0.4, 0.5) is 5.69 Å². The molecule has 0 amide bonds. The van der Waals surface area contributed by atoms with Gasteiger partial charge in [-0.1, -0.05) is 18.2 Å². The number of anilines is 1. The van der Waals surface area contributed by atoms with Crippen LogP contribution < -0.4 is 9.64 Å². The van der Waals surface area contributed by atoms with Gasteiger partial charge in [0.1, 0.15) is 17.3 Å². The van der Waals surface area contributed by atoms with Crippen LogP contribution in [0.15, 0.2) is 91.7 Å². The normalized spacial score (nSPS) is 13.4. The molecule has 4 aromatic rings. The van der Waals surface area contributed by atoms with Crippen molar-refractivity contribution in [1.82, 2.24) is 19.4 Å². The summed E-state index contributed by atoms with van der Waals surface area (Å²) in [5, 5.41) is 0. The molecule has 0 spiro atoms. The Hall–Kier alpha value is -4.06. The lowest BCUT2D eigenvalue weighted by Crippen LogP contribution is -2.22. The number of nitrogens with zero attached hydrogens (tertiary/aromatic N) is 5. The van der Waals surface area contributed by atoms with E-state index in [0.29, 0.717) is 0 Å². The smallest absolute Gasteiger partial charge is 0.139 e. The number of benzene rings is 2. The Morgan fingerprint density at radius 1 is 0.871 bits per heavy atom. The highest BCUT2D eigenvalue weighted by Gasteiger charge is 2.20. The number of hydrogen-bond acceptors (Lipinski definition) is 5. The van der Waals surface area contributed by atoms with Gasteiger partial charge in [0, 0.05) is 68.0 Å². The SMILES string of the molecule is CN1CN(c2cccc(Oc3cccc(-c4nccn4C)c3)c2)C=C1c1cccnc1. The second-order valence-corrected chi connectivity index (χ2v) is 7.55. The summed E-state index contributed by atoms with van der Waals surface area (Å²) >= 11 is 0. The first-order chi connectivity index (χ1) is 15.2. The minimum absolute atomic E-state index is 0.766. The first-order valence-electron chi connectivity index (χ1n) is 10.1. The topological polar surface area (TPSA) is 46.4 Å². The van der Waals surface area contributed by atoms with Crippen LogP contribution in [-0.2, 0) is 7.05 Å². The Labute approximate surface area is 181 Å². The first-order valence-corrected chi connectivity index (χ1v) is 10.1. The number of ether oxygens (including phenoxy) is 1. The zero-order valence-electron chi connectivity index (χ0n) is 17.5. The number of aryl methyl sites for hydroxylation is 1. The molecule has 0 fully saturated rings. The van der Waals surface area contributed by atoms with Crippen molar-refractivity contribution >= 4 is 11.4 Å². The molecule has 1 aliphatic rings. The molecule has 0 N–H and O–H groups in total. The van der Waals surface area contributed by atoms with Gasteiger partial charge in [-0.25, -0.2) is 4.98 Å². The molecule has 0 aliphatic carbocycles. The van der Waals surface area contributed by atoms with Crippen molar-refractivity contribution in [1.29, 1.82) is 0 Å². The molecule has 6 heteroatoms. The first kappa shape index (κ1) is 18.9. The van der Waals surface area contributed by atoms with Gasteiger partial charge in [0.2, 0.25) is 0 Å². The van der Waals surface area contributed by atoms with Crippen LogP contribution in [0.3, 0.4) is 0 Å². The molecule has 2 aromatic heterocycles. The van der Waals surface area contributed by atoms with Crippen LogP contribution in [0.5, 0.6) is 11.5 Å². The molecule has 1 aliphatic heterocycles. The molecule has 2 aromatic carbocycles. The van der Waals surface area contributed by atoms with Crippen molar-refractivity contribution in [3.63, 3.8) is 0 Å². The summed E-state index contributed by atoms with van der Waals surface area (Å²) < 4.78 is 8.18. The molecule has 6 nitrogen and oxygen atoms in total. The van der Waals surface area contributed by atoms with Crippen molar-refractivity contribution in [2.45, 2.75) is 0 Å². The van der Waals surface area contributed by atoms with Crippen LogP contribution in [0.2, 0.25) is 0 Å². The molecule has 0 saturated carbocycles. The summed E-state index contributed by atoms with van der Waals surface area (Å²) in [6.07, 6.45) is 9.57. The van der Waals surface area contributed by atoms with Gasteiger partial charge >= 0.3 is 0 Å². The summed E-state index contributed by atoms with van der Waals surface area (Å²) in [4.78, 5) is 13.1. The molecule has 154 valence electrons. The maximum absolute atomic E-state index is 6.19. The van der Waals surface area contributed by atoms with Crippen molar-refractivity contribution in [3.8, 4) is 22.9 Å². The molecule has 5 rings (SSSR count). The minimum Gasteiger partial charge on any atom is -0.457 e. The maximum Gasteiger partial charge on any atom is 0.139 e. The van der Waals surface area contributed by atoms with E-state index in [1.165, 1.54) is 0 Å². The lowest BCUT2D eigenvalue weighted by atomic mass is 10.2. The van der Waals surface area contributed by atoms with Gasteiger partial charge in [-0.05, 0) is 36.4 Å². The lowest BCUT2D eigenvalue weighted by Gasteiger charge is -2.20. The highest BCUT2D eigenvalue weighted by Crippen LogP contribution is 2.32. The van der Waals surface area contributed by atoms with E-state index < -0.39 is 0 Å². The fourth-order valence-electron chi connectivity index (χ4n) is 3.76. The number of pyridine rings is 1. The standard InChI is InChI=1S/C25H23N5O/c1-28-13-12-27-25(28)19-6-3-9-22(14-19)31-23-10-4-8-21(15-23)30-17-24(29(2)18-30)20-7-5-11-26-16-20/h3-17H,18H2,1-2H3. The summed E-state index contributed by atoms with van der Waals surface area (Å²) in [7, 11) is 4.07. The average molecular weight is 409 g/mol. The summed E-state index contributed by atoms with van der Waals surface area (Å²) in [5.41, 5.74) is 4.34. The quantitative estimate of drug-likeness (QED) is 0.465. The zero-order chi connectivity index (χ0) is 21.2. The van der Waals surface area contributed by atoms with Gasteiger partial charge in [0.25, 0.3) is 0 Å². The number of hydrogen-bond donors (Lipinski definition) is 0. The molecule has 0 radical (unpaired) electrons. The highest BCUT2D eigenvalue weighted by molar-refractivity contribution is 5.71. The second-order valence-electron chi connectivity index (χ2n) is 7.55. The molecule has 0 saturated heterocycles. The van der Waals surface area contributed by atoms with Gasteiger partial charge in [-0.15, -0.1) is 0 Å². The van der Waals surface area contributed by atoms with E-state index in [1.807, 2.05) is 66.5 Å². The van der Waals surface area contributed by atoms with Gasteiger partial charge in [0.15, 0.2) is 0 Å². The van der Waals surface area contributed by atoms with Crippen LogP contribution >= 0.6 is 0 Å². The third-order valence-electron chi connectivity index (χ3n) is 5.31. The van der Waals surface area contributed by atoms with Crippen molar-refractivity contribution in [2.24, 2.45) is 7.05 Å². The Balaban J connectivity index is 1.38. The molecule has 0 unspecified atom stereocenters. The Morgan fingerprint density at radius 2 is 1.68 bits per heavy atom. The van der Waals surface area contributed by atoms with Crippen LogP contribution in [0.1, 0.15) is 5.56 Å². The van der Waals surface area contributed by atoms with Gasteiger partial charge < -0.3 is 19.1 Å². The molecular formula is C25H23N5O. The van der Waals surface area contributed by atoms with Gasteiger partial charge in [0.05, 0.1) is 12.4 Å². The van der Waals surface area contributed by atoms with E-state index in [9.17, 15) is 0 Å². The lowest BCUT2D eigenvalue weighted by molar-refractivity contribution is 0.482. The third-order valence-corrected chi connectivity index (χ3v) is 5.31. The van der Waals surface area contributed by atoms with Gasteiger partial charge in [-0.2, -0.15) is 0 Å². The highest BCUT2D eigenvalue weighted by atomic mass is 16.5. The fraction of sp³-hybridized carbons (Fsp3) is 0.120. The maximum atomic E-state index is 6.19.